The number of benzene rings is 1. The molecule has 5 heteroatoms. The lowest BCUT2D eigenvalue weighted by Crippen LogP contribution is -1.94. The second kappa shape index (κ2) is 5.43. The molecule has 0 atom stereocenters. The minimum Gasteiger partial charge on any atom is -0.277 e. The van der Waals surface area contributed by atoms with Crippen molar-refractivity contribution in [1.29, 1.82) is 0 Å². The Morgan fingerprint density at radius 1 is 1.15 bits per heavy atom. The van der Waals surface area contributed by atoms with Crippen molar-refractivity contribution in [2.45, 2.75) is 13.3 Å². The average molecular weight is 285 g/mol. The minimum absolute atomic E-state index is 0.713. The first kappa shape index (κ1) is 12.8. The number of halogens is 1. The molecule has 0 saturated heterocycles. The smallest absolute Gasteiger partial charge is 0.128 e. The molecule has 2 aromatic heterocycles. The van der Waals surface area contributed by atoms with Gasteiger partial charge in [-0.3, -0.25) is 5.10 Å². The number of hydrogen-bond acceptors (Lipinski definition) is 3. The number of aromatic amines is 1. The highest BCUT2D eigenvalue weighted by atomic mass is 35.5. The SMILES string of the molecule is CCc1nccc(-c2cn[nH]c2-c2ccc(Cl)cc2)n1. The van der Waals surface area contributed by atoms with Crippen molar-refractivity contribution in [1.82, 2.24) is 20.2 Å². The maximum Gasteiger partial charge on any atom is 0.128 e. The van der Waals surface area contributed by atoms with E-state index in [9.17, 15) is 0 Å². The van der Waals surface area contributed by atoms with Crippen molar-refractivity contribution < 1.29 is 0 Å². The molecule has 0 saturated carbocycles. The zero-order valence-corrected chi connectivity index (χ0v) is 11.7. The molecule has 3 rings (SSSR count). The fourth-order valence-electron chi connectivity index (χ4n) is 2.04. The van der Waals surface area contributed by atoms with E-state index in [0.717, 1.165) is 34.8 Å². The molecule has 100 valence electrons. The molecule has 2 heterocycles. The van der Waals surface area contributed by atoms with Gasteiger partial charge in [-0.05, 0) is 18.2 Å². The van der Waals surface area contributed by atoms with Crippen LogP contribution < -0.4 is 0 Å². The molecular formula is C15H13ClN4. The van der Waals surface area contributed by atoms with E-state index < -0.39 is 0 Å². The van der Waals surface area contributed by atoms with Gasteiger partial charge in [0, 0.05) is 28.8 Å². The molecule has 0 fully saturated rings. The van der Waals surface area contributed by atoms with Crippen LogP contribution in [0.3, 0.4) is 0 Å². The minimum atomic E-state index is 0.713. The Kier molecular flexibility index (Phi) is 3.48. The van der Waals surface area contributed by atoms with E-state index in [1.165, 1.54) is 0 Å². The summed E-state index contributed by atoms with van der Waals surface area (Å²) in [4.78, 5) is 8.76. The summed E-state index contributed by atoms with van der Waals surface area (Å²) >= 11 is 5.92. The van der Waals surface area contributed by atoms with E-state index in [2.05, 4.69) is 20.2 Å². The first-order valence-corrected chi connectivity index (χ1v) is 6.77. The summed E-state index contributed by atoms with van der Waals surface area (Å²) in [7, 11) is 0. The summed E-state index contributed by atoms with van der Waals surface area (Å²) in [5.41, 5.74) is 3.79. The normalized spacial score (nSPS) is 10.7. The second-order valence-electron chi connectivity index (χ2n) is 4.38. The first-order valence-electron chi connectivity index (χ1n) is 6.39. The maximum atomic E-state index is 5.92. The number of nitrogens with zero attached hydrogens (tertiary/aromatic N) is 3. The van der Waals surface area contributed by atoms with Gasteiger partial charge < -0.3 is 0 Å². The van der Waals surface area contributed by atoms with Crippen LogP contribution in [0.5, 0.6) is 0 Å². The van der Waals surface area contributed by atoms with Gasteiger partial charge in [0.2, 0.25) is 0 Å². The Labute approximate surface area is 121 Å². The molecule has 0 bridgehead atoms. The molecule has 20 heavy (non-hydrogen) atoms. The Bertz CT molecular complexity index is 719. The van der Waals surface area contributed by atoms with Crippen LogP contribution in [-0.2, 0) is 6.42 Å². The third-order valence-corrected chi connectivity index (χ3v) is 3.32. The highest BCUT2D eigenvalue weighted by Crippen LogP contribution is 2.29. The summed E-state index contributed by atoms with van der Waals surface area (Å²) in [6.45, 7) is 2.04. The summed E-state index contributed by atoms with van der Waals surface area (Å²) < 4.78 is 0. The standard InChI is InChI=1S/C15H13ClN4/c1-2-14-17-8-7-13(19-14)12-9-18-20-15(12)10-3-5-11(16)6-4-10/h3-9H,2H2,1H3,(H,18,20). The molecule has 0 unspecified atom stereocenters. The van der Waals surface area contributed by atoms with Crippen molar-refractivity contribution in [2.75, 3.05) is 0 Å². The van der Waals surface area contributed by atoms with Gasteiger partial charge in [-0.15, -0.1) is 0 Å². The van der Waals surface area contributed by atoms with E-state index >= 15 is 0 Å². The van der Waals surface area contributed by atoms with Crippen molar-refractivity contribution in [3.63, 3.8) is 0 Å². The Hall–Kier alpha value is -2.20. The third kappa shape index (κ3) is 2.42. The number of aryl methyl sites for hydroxylation is 1. The molecule has 0 spiro atoms. The second-order valence-corrected chi connectivity index (χ2v) is 4.81. The lowest BCUT2D eigenvalue weighted by atomic mass is 10.1. The van der Waals surface area contributed by atoms with E-state index in [-0.39, 0.29) is 0 Å². The maximum absolute atomic E-state index is 5.92. The average Bonchev–Trinajstić information content (AvgIpc) is 2.97. The van der Waals surface area contributed by atoms with Crippen LogP contribution in [-0.4, -0.2) is 20.2 Å². The van der Waals surface area contributed by atoms with Crippen molar-refractivity contribution >= 4 is 11.6 Å². The molecule has 0 amide bonds. The van der Waals surface area contributed by atoms with Gasteiger partial charge in [0.05, 0.1) is 17.6 Å². The van der Waals surface area contributed by atoms with Gasteiger partial charge in [0.25, 0.3) is 0 Å². The highest BCUT2D eigenvalue weighted by Gasteiger charge is 2.11. The number of H-pyrrole nitrogens is 1. The predicted molar refractivity (Wildman–Crippen MR) is 79.4 cm³/mol. The lowest BCUT2D eigenvalue weighted by Gasteiger charge is -2.04. The Morgan fingerprint density at radius 2 is 1.95 bits per heavy atom. The van der Waals surface area contributed by atoms with Crippen LogP contribution in [0.4, 0.5) is 0 Å². The summed E-state index contributed by atoms with van der Waals surface area (Å²) in [6, 6.07) is 9.53. The van der Waals surface area contributed by atoms with Gasteiger partial charge in [0.15, 0.2) is 0 Å². The Balaban J connectivity index is 2.07. The van der Waals surface area contributed by atoms with Gasteiger partial charge in [-0.1, -0.05) is 30.7 Å². The zero-order chi connectivity index (χ0) is 13.9. The van der Waals surface area contributed by atoms with Crippen molar-refractivity contribution in [2.24, 2.45) is 0 Å². The summed E-state index contributed by atoms with van der Waals surface area (Å²) in [5, 5.41) is 7.87. The molecule has 4 nitrogen and oxygen atoms in total. The number of hydrogen-bond donors (Lipinski definition) is 1. The largest absolute Gasteiger partial charge is 0.277 e. The van der Waals surface area contributed by atoms with Crippen LogP contribution in [0.2, 0.25) is 5.02 Å². The van der Waals surface area contributed by atoms with Gasteiger partial charge in [0.1, 0.15) is 5.82 Å². The zero-order valence-electron chi connectivity index (χ0n) is 11.0. The van der Waals surface area contributed by atoms with E-state index in [1.807, 2.05) is 37.3 Å². The quantitative estimate of drug-likeness (QED) is 0.797. The fraction of sp³-hybridized carbons (Fsp3) is 0.133. The Morgan fingerprint density at radius 3 is 2.70 bits per heavy atom. The monoisotopic (exact) mass is 284 g/mol. The molecule has 0 aliphatic carbocycles. The van der Waals surface area contributed by atoms with Crippen LogP contribution in [0.25, 0.3) is 22.5 Å². The van der Waals surface area contributed by atoms with Crippen LogP contribution >= 0.6 is 11.6 Å². The predicted octanol–water partition coefficient (Wildman–Crippen LogP) is 3.75. The van der Waals surface area contributed by atoms with Crippen LogP contribution in [0, 0.1) is 0 Å². The molecule has 3 aromatic rings. The van der Waals surface area contributed by atoms with E-state index in [0.29, 0.717) is 5.02 Å². The third-order valence-electron chi connectivity index (χ3n) is 3.07. The molecule has 1 aromatic carbocycles. The number of nitrogens with one attached hydrogen (secondary N) is 1. The van der Waals surface area contributed by atoms with Gasteiger partial charge in [-0.25, -0.2) is 9.97 Å². The van der Waals surface area contributed by atoms with Gasteiger partial charge in [-0.2, -0.15) is 5.10 Å². The van der Waals surface area contributed by atoms with Gasteiger partial charge >= 0.3 is 0 Å². The highest BCUT2D eigenvalue weighted by molar-refractivity contribution is 6.30. The topological polar surface area (TPSA) is 54.5 Å². The lowest BCUT2D eigenvalue weighted by molar-refractivity contribution is 0.943. The molecular weight excluding hydrogens is 272 g/mol. The molecule has 1 N–H and O–H groups in total. The fourth-order valence-corrected chi connectivity index (χ4v) is 2.16. The van der Waals surface area contributed by atoms with Crippen molar-refractivity contribution in [3.05, 3.63) is 53.6 Å². The van der Waals surface area contributed by atoms with Crippen molar-refractivity contribution in [3.8, 4) is 22.5 Å². The molecule has 0 aliphatic rings. The number of rotatable bonds is 3. The summed E-state index contributed by atoms with van der Waals surface area (Å²) in [6.07, 6.45) is 4.37. The van der Waals surface area contributed by atoms with Crippen LogP contribution in [0.1, 0.15) is 12.7 Å². The van der Waals surface area contributed by atoms with E-state index in [4.69, 9.17) is 11.6 Å². The number of aromatic nitrogens is 4. The molecule has 0 aliphatic heterocycles. The summed E-state index contributed by atoms with van der Waals surface area (Å²) in [5.74, 6) is 0.825. The first-order chi connectivity index (χ1) is 9.78. The van der Waals surface area contributed by atoms with Crippen LogP contribution in [0.15, 0.2) is 42.7 Å². The molecule has 0 radical (unpaired) electrons. The van der Waals surface area contributed by atoms with E-state index in [1.54, 1.807) is 12.4 Å².